The van der Waals surface area contributed by atoms with E-state index in [9.17, 15) is 13.2 Å². The lowest BCUT2D eigenvalue weighted by Crippen LogP contribution is -2.35. The van der Waals surface area contributed by atoms with E-state index in [1.54, 1.807) is 13.8 Å². The number of sulfonamides is 1. The second-order valence-electron chi connectivity index (χ2n) is 5.18. The number of hydrogen-bond acceptors (Lipinski definition) is 3. The van der Waals surface area contributed by atoms with Gasteiger partial charge in [-0.15, -0.1) is 0 Å². The van der Waals surface area contributed by atoms with Crippen LogP contribution in [0.25, 0.3) is 0 Å². The summed E-state index contributed by atoms with van der Waals surface area (Å²) in [6.07, 6.45) is 3.69. The van der Waals surface area contributed by atoms with E-state index < -0.39 is 15.9 Å². The number of rotatable bonds is 8. The van der Waals surface area contributed by atoms with Crippen molar-refractivity contribution in [2.45, 2.75) is 53.4 Å². The van der Waals surface area contributed by atoms with Gasteiger partial charge in [-0.2, -0.15) is 0 Å². The van der Waals surface area contributed by atoms with Crippen molar-refractivity contribution in [3.05, 3.63) is 0 Å². The van der Waals surface area contributed by atoms with E-state index in [1.807, 2.05) is 0 Å². The van der Waals surface area contributed by atoms with E-state index in [0.29, 0.717) is 12.3 Å². The SMILES string of the molecule is CC(C)CCCCCS(=O)(=O)NC(=O)C(C)C. The molecule has 0 aromatic heterocycles. The summed E-state index contributed by atoms with van der Waals surface area (Å²) in [5.41, 5.74) is 0. The molecule has 102 valence electrons. The third kappa shape index (κ3) is 9.15. The Morgan fingerprint density at radius 3 is 2.12 bits per heavy atom. The van der Waals surface area contributed by atoms with Gasteiger partial charge in [-0.1, -0.05) is 47.0 Å². The summed E-state index contributed by atoms with van der Waals surface area (Å²) >= 11 is 0. The number of nitrogens with one attached hydrogen (secondary N) is 1. The maximum Gasteiger partial charge on any atom is 0.235 e. The van der Waals surface area contributed by atoms with Gasteiger partial charge in [-0.25, -0.2) is 8.42 Å². The van der Waals surface area contributed by atoms with E-state index in [-0.39, 0.29) is 11.7 Å². The van der Waals surface area contributed by atoms with Gasteiger partial charge in [0.15, 0.2) is 0 Å². The van der Waals surface area contributed by atoms with Crippen LogP contribution in [0.3, 0.4) is 0 Å². The first-order valence-corrected chi connectivity index (χ1v) is 7.94. The lowest BCUT2D eigenvalue weighted by molar-refractivity contribution is -0.122. The van der Waals surface area contributed by atoms with Gasteiger partial charge in [0.05, 0.1) is 5.75 Å². The Kier molecular flexibility index (Phi) is 7.43. The first kappa shape index (κ1) is 16.4. The Bertz CT molecular complexity index is 321. The lowest BCUT2D eigenvalue weighted by Gasteiger charge is -2.09. The van der Waals surface area contributed by atoms with Crippen LogP contribution in [-0.4, -0.2) is 20.1 Å². The minimum atomic E-state index is -3.43. The first-order chi connectivity index (χ1) is 7.74. The number of carbonyl (C=O) groups is 1. The summed E-state index contributed by atoms with van der Waals surface area (Å²) in [7, 11) is -3.43. The minimum Gasteiger partial charge on any atom is -0.274 e. The molecule has 0 radical (unpaired) electrons. The Morgan fingerprint density at radius 2 is 1.65 bits per heavy atom. The molecule has 0 heterocycles. The van der Waals surface area contributed by atoms with Gasteiger partial charge >= 0.3 is 0 Å². The highest BCUT2D eigenvalue weighted by Gasteiger charge is 2.16. The molecule has 17 heavy (non-hydrogen) atoms. The van der Waals surface area contributed by atoms with E-state index in [0.717, 1.165) is 19.3 Å². The highest BCUT2D eigenvalue weighted by Crippen LogP contribution is 2.08. The van der Waals surface area contributed by atoms with Gasteiger partial charge in [0.1, 0.15) is 0 Å². The normalized spacial score (nSPS) is 12.1. The quantitative estimate of drug-likeness (QED) is 0.683. The van der Waals surface area contributed by atoms with E-state index >= 15 is 0 Å². The van der Waals surface area contributed by atoms with Crippen molar-refractivity contribution < 1.29 is 13.2 Å². The summed E-state index contributed by atoms with van der Waals surface area (Å²) in [5.74, 6) is -0.0195. The number of unbranched alkanes of at least 4 members (excludes halogenated alkanes) is 2. The number of amides is 1. The molecule has 0 saturated carbocycles. The van der Waals surface area contributed by atoms with Gasteiger partial charge in [-0.3, -0.25) is 9.52 Å². The molecule has 0 aromatic rings. The summed E-state index contributed by atoms with van der Waals surface area (Å²) in [5, 5.41) is 0. The molecule has 0 aliphatic rings. The molecule has 0 aromatic carbocycles. The van der Waals surface area contributed by atoms with Gasteiger partial charge in [-0.05, 0) is 12.3 Å². The molecule has 4 nitrogen and oxygen atoms in total. The fourth-order valence-electron chi connectivity index (χ4n) is 1.34. The predicted octanol–water partition coefficient (Wildman–Crippen LogP) is 2.30. The Hall–Kier alpha value is -0.580. The van der Waals surface area contributed by atoms with Crippen LogP contribution in [0, 0.1) is 11.8 Å². The van der Waals surface area contributed by atoms with Crippen LogP contribution in [0.2, 0.25) is 0 Å². The molecular formula is C12H25NO3S. The van der Waals surface area contributed by atoms with Crippen LogP contribution < -0.4 is 4.72 Å². The van der Waals surface area contributed by atoms with Crippen molar-refractivity contribution >= 4 is 15.9 Å². The highest BCUT2D eigenvalue weighted by molar-refractivity contribution is 7.90. The van der Waals surface area contributed by atoms with Crippen LogP contribution in [0.1, 0.15) is 53.4 Å². The Balaban J connectivity index is 3.83. The molecule has 0 saturated heterocycles. The minimum absolute atomic E-state index is 0.0452. The van der Waals surface area contributed by atoms with Gasteiger partial charge in [0.2, 0.25) is 15.9 Å². The maximum atomic E-state index is 11.5. The van der Waals surface area contributed by atoms with Crippen molar-refractivity contribution in [3.8, 4) is 0 Å². The van der Waals surface area contributed by atoms with Crippen LogP contribution in [0.15, 0.2) is 0 Å². The summed E-state index contributed by atoms with van der Waals surface area (Å²) in [4.78, 5) is 11.2. The highest BCUT2D eigenvalue weighted by atomic mass is 32.2. The smallest absolute Gasteiger partial charge is 0.235 e. The lowest BCUT2D eigenvalue weighted by atomic mass is 10.1. The molecule has 0 aliphatic carbocycles. The third-order valence-corrected chi connectivity index (χ3v) is 3.81. The average molecular weight is 263 g/mol. The summed E-state index contributed by atoms with van der Waals surface area (Å²) in [6, 6.07) is 0. The van der Waals surface area contributed by atoms with Crippen molar-refractivity contribution in [1.29, 1.82) is 0 Å². The fourth-order valence-corrected chi connectivity index (χ4v) is 2.57. The monoisotopic (exact) mass is 263 g/mol. The number of hydrogen-bond donors (Lipinski definition) is 1. The second-order valence-corrected chi connectivity index (χ2v) is 7.02. The van der Waals surface area contributed by atoms with Gasteiger partial charge < -0.3 is 0 Å². The average Bonchev–Trinajstić information content (AvgIpc) is 2.15. The number of carbonyl (C=O) groups excluding carboxylic acids is 1. The molecule has 0 atom stereocenters. The van der Waals surface area contributed by atoms with E-state index in [1.165, 1.54) is 0 Å². The van der Waals surface area contributed by atoms with Crippen LogP contribution in [0.5, 0.6) is 0 Å². The molecule has 0 aliphatic heterocycles. The topological polar surface area (TPSA) is 63.2 Å². The zero-order valence-corrected chi connectivity index (χ0v) is 12.1. The third-order valence-electron chi connectivity index (χ3n) is 2.48. The Labute approximate surface area is 105 Å². The van der Waals surface area contributed by atoms with Gasteiger partial charge in [0, 0.05) is 5.92 Å². The molecular weight excluding hydrogens is 238 g/mol. The molecule has 5 heteroatoms. The van der Waals surface area contributed by atoms with Crippen LogP contribution in [-0.2, 0) is 14.8 Å². The molecule has 0 bridgehead atoms. The molecule has 0 unspecified atom stereocenters. The van der Waals surface area contributed by atoms with Crippen molar-refractivity contribution in [3.63, 3.8) is 0 Å². The first-order valence-electron chi connectivity index (χ1n) is 6.29. The van der Waals surface area contributed by atoms with E-state index in [4.69, 9.17) is 0 Å². The zero-order valence-electron chi connectivity index (χ0n) is 11.3. The fraction of sp³-hybridized carbons (Fsp3) is 0.917. The molecule has 0 fully saturated rings. The van der Waals surface area contributed by atoms with Crippen molar-refractivity contribution in [2.75, 3.05) is 5.75 Å². The molecule has 0 rings (SSSR count). The second kappa shape index (κ2) is 7.69. The zero-order chi connectivity index (χ0) is 13.5. The van der Waals surface area contributed by atoms with Crippen molar-refractivity contribution in [2.24, 2.45) is 11.8 Å². The summed E-state index contributed by atoms with van der Waals surface area (Å²) < 4.78 is 25.1. The molecule has 0 spiro atoms. The standard InChI is InChI=1S/C12H25NO3S/c1-10(2)8-6-5-7-9-17(15,16)13-12(14)11(3)4/h10-11H,5-9H2,1-4H3,(H,13,14). The predicted molar refractivity (Wildman–Crippen MR) is 70.1 cm³/mol. The molecule has 1 amide bonds. The van der Waals surface area contributed by atoms with Gasteiger partial charge in [0.25, 0.3) is 0 Å². The van der Waals surface area contributed by atoms with Crippen LogP contribution >= 0.6 is 0 Å². The van der Waals surface area contributed by atoms with Crippen molar-refractivity contribution in [1.82, 2.24) is 4.72 Å². The maximum absolute atomic E-state index is 11.5. The summed E-state index contributed by atoms with van der Waals surface area (Å²) in [6.45, 7) is 7.65. The largest absolute Gasteiger partial charge is 0.274 e. The Morgan fingerprint density at radius 1 is 1.06 bits per heavy atom. The van der Waals surface area contributed by atoms with Crippen LogP contribution in [0.4, 0.5) is 0 Å². The van der Waals surface area contributed by atoms with E-state index in [2.05, 4.69) is 18.6 Å². The molecule has 1 N–H and O–H groups in total.